The van der Waals surface area contributed by atoms with Crippen molar-refractivity contribution in [3.63, 3.8) is 0 Å². The van der Waals surface area contributed by atoms with Gasteiger partial charge in [-0.1, -0.05) is 38.1 Å². The molecular formula is C23H28N2O3. The van der Waals surface area contributed by atoms with Gasteiger partial charge in [0.1, 0.15) is 5.75 Å². The molecule has 0 saturated carbocycles. The van der Waals surface area contributed by atoms with Gasteiger partial charge in [0.25, 0.3) is 5.91 Å². The number of methoxy groups -OCH3 is 1. The predicted octanol–water partition coefficient (Wildman–Crippen LogP) is 3.35. The smallest absolute Gasteiger partial charge is 0.253 e. The number of piperazine rings is 1. The van der Waals surface area contributed by atoms with Crippen molar-refractivity contribution in [2.45, 2.75) is 26.2 Å². The van der Waals surface area contributed by atoms with Crippen LogP contribution in [0.1, 0.15) is 41.3 Å². The van der Waals surface area contributed by atoms with Crippen molar-refractivity contribution in [2.75, 3.05) is 33.3 Å². The average molecular weight is 380 g/mol. The summed E-state index contributed by atoms with van der Waals surface area (Å²) in [4.78, 5) is 29.0. The van der Waals surface area contributed by atoms with Gasteiger partial charge in [0.15, 0.2) is 0 Å². The number of carbonyl (C=O) groups excluding carboxylic acids is 2. The Morgan fingerprint density at radius 3 is 2.00 bits per heavy atom. The van der Waals surface area contributed by atoms with E-state index in [1.165, 1.54) is 5.56 Å². The van der Waals surface area contributed by atoms with Gasteiger partial charge < -0.3 is 14.5 Å². The molecule has 1 aliphatic heterocycles. The number of hydrogen-bond acceptors (Lipinski definition) is 3. The third-order valence-electron chi connectivity index (χ3n) is 5.26. The van der Waals surface area contributed by atoms with E-state index in [0.717, 1.165) is 11.3 Å². The molecule has 0 aromatic heterocycles. The summed E-state index contributed by atoms with van der Waals surface area (Å²) in [5, 5.41) is 0. The van der Waals surface area contributed by atoms with Gasteiger partial charge in [0, 0.05) is 31.7 Å². The van der Waals surface area contributed by atoms with Gasteiger partial charge in [-0.25, -0.2) is 0 Å². The molecule has 1 heterocycles. The first-order valence-corrected chi connectivity index (χ1v) is 9.78. The second kappa shape index (κ2) is 8.91. The van der Waals surface area contributed by atoms with E-state index in [2.05, 4.69) is 13.8 Å². The lowest BCUT2D eigenvalue weighted by atomic mass is 10.0. The summed E-state index contributed by atoms with van der Waals surface area (Å²) in [6.07, 6.45) is 0.370. The summed E-state index contributed by atoms with van der Waals surface area (Å²) < 4.78 is 5.15. The summed E-state index contributed by atoms with van der Waals surface area (Å²) in [6, 6.07) is 15.4. The van der Waals surface area contributed by atoms with Gasteiger partial charge in [0.05, 0.1) is 13.5 Å². The molecule has 1 saturated heterocycles. The van der Waals surface area contributed by atoms with E-state index in [1.54, 1.807) is 7.11 Å². The maximum absolute atomic E-state index is 12.7. The van der Waals surface area contributed by atoms with Gasteiger partial charge in [-0.15, -0.1) is 0 Å². The number of hydrogen-bond donors (Lipinski definition) is 0. The van der Waals surface area contributed by atoms with Crippen LogP contribution in [0.2, 0.25) is 0 Å². The zero-order chi connectivity index (χ0) is 20.1. The fourth-order valence-electron chi connectivity index (χ4n) is 3.38. The molecule has 2 aromatic rings. The molecule has 5 nitrogen and oxygen atoms in total. The normalized spacial score (nSPS) is 14.3. The highest BCUT2D eigenvalue weighted by atomic mass is 16.5. The number of amides is 2. The van der Waals surface area contributed by atoms with Crippen LogP contribution in [-0.2, 0) is 11.2 Å². The molecule has 0 radical (unpaired) electrons. The summed E-state index contributed by atoms with van der Waals surface area (Å²) in [6.45, 7) is 6.56. The Morgan fingerprint density at radius 2 is 1.46 bits per heavy atom. The van der Waals surface area contributed by atoms with E-state index < -0.39 is 0 Å². The van der Waals surface area contributed by atoms with Crippen molar-refractivity contribution in [1.82, 2.24) is 9.80 Å². The van der Waals surface area contributed by atoms with E-state index in [0.29, 0.717) is 44.1 Å². The van der Waals surface area contributed by atoms with E-state index >= 15 is 0 Å². The lowest BCUT2D eigenvalue weighted by Gasteiger charge is -2.35. The molecule has 3 rings (SSSR count). The molecule has 0 N–H and O–H groups in total. The van der Waals surface area contributed by atoms with Crippen LogP contribution in [-0.4, -0.2) is 54.9 Å². The molecule has 5 heteroatoms. The minimum absolute atomic E-state index is 0.0394. The summed E-state index contributed by atoms with van der Waals surface area (Å²) in [7, 11) is 1.62. The van der Waals surface area contributed by atoms with Gasteiger partial charge in [-0.3, -0.25) is 9.59 Å². The fraction of sp³-hybridized carbons (Fsp3) is 0.391. The molecule has 0 spiro atoms. The first-order chi connectivity index (χ1) is 13.5. The summed E-state index contributed by atoms with van der Waals surface area (Å²) in [5.41, 5.74) is 2.91. The van der Waals surface area contributed by atoms with E-state index in [9.17, 15) is 9.59 Å². The second-order valence-corrected chi connectivity index (χ2v) is 7.47. The van der Waals surface area contributed by atoms with Crippen molar-refractivity contribution in [2.24, 2.45) is 0 Å². The first-order valence-electron chi connectivity index (χ1n) is 9.78. The largest absolute Gasteiger partial charge is 0.497 e. The molecule has 0 atom stereocenters. The number of carbonyl (C=O) groups is 2. The lowest BCUT2D eigenvalue weighted by molar-refractivity contribution is -0.131. The van der Waals surface area contributed by atoms with Crippen LogP contribution in [0, 0.1) is 0 Å². The molecule has 28 heavy (non-hydrogen) atoms. The van der Waals surface area contributed by atoms with E-state index in [-0.39, 0.29) is 11.8 Å². The SMILES string of the molecule is COc1ccc(CC(=O)N2CCN(C(=O)c3ccc(C(C)C)cc3)CC2)cc1. The minimum Gasteiger partial charge on any atom is -0.497 e. The Morgan fingerprint density at radius 1 is 0.893 bits per heavy atom. The van der Waals surface area contributed by atoms with Gasteiger partial charge in [0.2, 0.25) is 5.91 Å². The van der Waals surface area contributed by atoms with E-state index in [4.69, 9.17) is 4.74 Å². The molecule has 2 amide bonds. The predicted molar refractivity (Wildman–Crippen MR) is 110 cm³/mol. The molecule has 0 aliphatic carbocycles. The van der Waals surface area contributed by atoms with Crippen molar-refractivity contribution >= 4 is 11.8 Å². The topological polar surface area (TPSA) is 49.9 Å². The van der Waals surface area contributed by atoms with E-state index in [1.807, 2.05) is 58.3 Å². The number of ether oxygens (including phenoxy) is 1. The van der Waals surface area contributed by atoms with Crippen LogP contribution in [0.3, 0.4) is 0 Å². The van der Waals surface area contributed by atoms with Crippen LogP contribution in [0.25, 0.3) is 0 Å². The maximum atomic E-state index is 12.7. The number of benzene rings is 2. The first kappa shape index (κ1) is 19.9. The zero-order valence-corrected chi connectivity index (χ0v) is 16.9. The third kappa shape index (κ3) is 4.71. The van der Waals surface area contributed by atoms with Gasteiger partial charge >= 0.3 is 0 Å². The Balaban J connectivity index is 1.52. The lowest BCUT2D eigenvalue weighted by Crippen LogP contribution is -2.51. The Hall–Kier alpha value is -2.82. The molecule has 2 aromatic carbocycles. The minimum atomic E-state index is 0.0394. The Bertz CT molecular complexity index is 805. The second-order valence-electron chi connectivity index (χ2n) is 7.47. The molecule has 0 unspecified atom stereocenters. The zero-order valence-electron chi connectivity index (χ0n) is 16.9. The van der Waals surface area contributed by atoms with Crippen molar-refractivity contribution < 1.29 is 14.3 Å². The van der Waals surface area contributed by atoms with Gasteiger partial charge in [-0.2, -0.15) is 0 Å². The van der Waals surface area contributed by atoms with Crippen molar-refractivity contribution in [3.8, 4) is 5.75 Å². The van der Waals surface area contributed by atoms with Crippen LogP contribution < -0.4 is 4.74 Å². The quantitative estimate of drug-likeness (QED) is 0.799. The Kier molecular flexibility index (Phi) is 6.34. The Labute approximate surface area is 166 Å². The van der Waals surface area contributed by atoms with Crippen molar-refractivity contribution in [1.29, 1.82) is 0 Å². The molecular weight excluding hydrogens is 352 g/mol. The molecule has 148 valence electrons. The fourth-order valence-corrected chi connectivity index (χ4v) is 3.38. The highest BCUT2D eigenvalue weighted by Crippen LogP contribution is 2.17. The molecule has 0 bridgehead atoms. The maximum Gasteiger partial charge on any atom is 0.253 e. The molecule has 1 aliphatic rings. The molecule has 1 fully saturated rings. The summed E-state index contributed by atoms with van der Waals surface area (Å²) >= 11 is 0. The highest BCUT2D eigenvalue weighted by Gasteiger charge is 2.24. The monoisotopic (exact) mass is 380 g/mol. The van der Waals surface area contributed by atoms with Crippen LogP contribution in [0.15, 0.2) is 48.5 Å². The summed E-state index contributed by atoms with van der Waals surface area (Å²) in [5.74, 6) is 1.37. The van der Waals surface area contributed by atoms with Crippen LogP contribution in [0.5, 0.6) is 5.75 Å². The average Bonchev–Trinajstić information content (AvgIpc) is 2.74. The standard InChI is InChI=1S/C23H28N2O3/c1-17(2)19-6-8-20(9-7-19)23(27)25-14-12-24(13-15-25)22(26)16-18-4-10-21(28-3)11-5-18/h4-11,17H,12-16H2,1-3H3. The number of rotatable bonds is 5. The third-order valence-corrected chi connectivity index (χ3v) is 5.26. The van der Waals surface area contributed by atoms with Crippen LogP contribution in [0.4, 0.5) is 0 Å². The highest BCUT2D eigenvalue weighted by molar-refractivity contribution is 5.94. The number of nitrogens with zero attached hydrogens (tertiary/aromatic N) is 2. The van der Waals surface area contributed by atoms with Crippen LogP contribution >= 0.6 is 0 Å². The van der Waals surface area contributed by atoms with Gasteiger partial charge in [-0.05, 0) is 41.3 Å². The van der Waals surface area contributed by atoms with Crippen molar-refractivity contribution in [3.05, 3.63) is 65.2 Å².